The molecular formula is C25H23N3O7. The number of esters is 1. The molecule has 35 heavy (non-hydrogen) atoms. The largest absolute Gasteiger partial charge is 0.461 e. The van der Waals surface area contributed by atoms with Crippen LogP contribution in [0.3, 0.4) is 0 Å². The number of benzene rings is 2. The van der Waals surface area contributed by atoms with Gasteiger partial charge in [0, 0.05) is 35.3 Å². The van der Waals surface area contributed by atoms with Crippen LogP contribution < -0.4 is 16.5 Å². The van der Waals surface area contributed by atoms with Gasteiger partial charge in [0.05, 0.1) is 30.3 Å². The molecule has 2 aromatic heterocycles. The Morgan fingerprint density at radius 1 is 1.09 bits per heavy atom. The number of nitrogens with zero attached hydrogens (tertiary/aromatic N) is 2. The van der Waals surface area contributed by atoms with Crippen molar-refractivity contribution < 1.29 is 23.5 Å². The van der Waals surface area contributed by atoms with Crippen molar-refractivity contribution in [1.82, 2.24) is 9.55 Å². The van der Waals surface area contributed by atoms with E-state index in [2.05, 4.69) is 10.3 Å². The monoisotopic (exact) mass is 477 g/mol. The van der Waals surface area contributed by atoms with E-state index in [0.29, 0.717) is 27.5 Å². The summed E-state index contributed by atoms with van der Waals surface area (Å²) in [5.74, 6) is -0.539. The van der Waals surface area contributed by atoms with Gasteiger partial charge in [-0.3, -0.25) is 19.5 Å². The van der Waals surface area contributed by atoms with Crippen LogP contribution in [0, 0.1) is 6.92 Å². The van der Waals surface area contributed by atoms with E-state index in [4.69, 9.17) is 13.9 Å². The summed E-state index contributed by atoms with van der Waals surface area (Å²) in [6.45, 7) is 3.73. The lowest BCUT2D eigenvalue weighted by Gasteiger charge is -2.10. The fraction of sp³-hybridized carbons (Fsp3) is 0.240. The number of hydrogen-bond donors (Lipinski definition) is 1. The fourth-order valence-corrected chi connectivity index (χ4v) is 3.65. The summed E-state index contributed by atoms with van der Waals surface area (Å²) in [6, 6.07) is 11.4. The van der Waals surface area contributed by atoms with E-state index in [1.54, 1.807) is 31.2 Å². The van der Waals surface area contributed by atoms with Gasteiger partial charge in [-0.25, -0.2) is 14.6 Å². The molecule has 0 unspecified atom stereocenters. The highest BCUT2D eigenvalue weighted by molar-refractivity contribution is 5.90. The zero-order valence-corrected chi connectivity index (χ0v) is 19.2. The molecule has 2 aromatic carbocycles. The van der Waals surface area contributed by atoms with E-state index in [0.717, 1.165) is 5.56 Å². The van der Waals surface area contributed by atoms with Crippen molar-refractivity contribution in [2.24, 2.45) is 0 Å². The Bertz CT molecular complexity index is 1540. The highest BCUT2D eigenvalue weighted by Gasteiger charge is 2.12. The number of fused-ring (bicyclic) bond motifs is 2. The van der Waals surface area contributed by atoms with Crippen molar-refractivity contribution in [3.63, 3.8) is 0 Å². The third-order valence-electron chi connectivity index (χ3n) is 5.35. The molecule has 2 heterocycles. The van der Waals surface area contributed by atoms with Crippen LogP contribution in [0.4, 0.5) is 10.5 Å². The first-order valence-corrected chi connectivity index (χ1v) is 11.0. The van der Waals surface area contributed by atoms with Gasteiger partial charge in [-0.05, 0) is 37.6 Å². The van der Waals surface area contributed by atoms with Crippen molar-refractivity contribution in [2.75, 3.05) is 11.9 Å². The Balaban J connectivity index is 1.43. The molecule has 0 saturated heterocycles. The lowest BCUT2D eigenvalue weighted by molar-refractivity contribution is -0.145. The number of hydrogen-bond acceptors (Lipinski definition) is 8. The van der Waals surface area contributed by atoms with E-state index in [-0.39, 0.29) is 37.3 Å². The highest BCUT2D eigenvalue weighted by Crippen LogP contribution is 2.22. The molecule has 0 aliphatic heterocycles. The third kappa shape index (κ3) is 5.37. The Morgan fingerprint density at radius 3 is 2.71 bits per heavy atom. The van der Waals surface area contributed by atoms with E-state index in [1.165, 1.54) is 23.0 Å². The van der Waals surface area contributed by atoms with Crippen molar-refractivity contribution in [3.05, 3.63) is 80.7 Å². The van der Waals surface area contributed by atoms with Crippen molar-refractivity contribution in [1.29, 1.82) is 0 Å². The zero-order chi connectivity index (χ0) is 24.9. The molecule has 0 radical (unpaired) electrons. The van der Waals surface area contributed by atoms with E-state index >= 15 is 0 Å². The number of para-hydroxylation sites is 1. The third-order valence-corrected chi connectivity index (χ3v) is 5.35. The number of carbonyl (C=O) groups is 2. The first-order chi connectivity index (χ1) is 16.9. The molecule has 180 valence electrons. The Kier molecular flexibility index (Phi) is 6.91. The molecule has 4 rings (SSSR count). The lowest BCUT2D eigenvalue weighted by atomic mass is 10.1. The lowest BCUT2D eigenvalue weighted by Crippen LogP contribution is -2.22. The number of nitrogens with one attached hydrogen (secondary N) is 1. The van der Waals surface area contributed by atoms with E-state index in [9.17, 15) is 19.2 Å². The number of rotatable bonds is 7. The predicted octanol–water partition coefficient (Wildman–Crippen LogP) is 3.51. The Hall–Kier alpha value is -4.47. The van der Waals surface area contributed by atoms with Crippen LogP contribution in [0.1, 0.15) is 24.5 Å². The molecule has 10 heteroatoms. The summed E-state index contributed by atoms with van der Waals surface area (Å²) in [6.07, 6.45) is 0.740. The number of aromatic nitrogens is 2. The Morgan fingerprint density at radius 2 is 1.91 bits per heavy atom. The number of anilines is 1. The summed E-state index contributed by atoms with van der Waals surface area (Å²) in [5.41, 5.74) is 1.74. The molecule has 1 N–H and O–H groups in total. The van der Waals surface area contributed by atoms with Crippen LogP contribution in [0.25, 0.3) is 21.9 Å². The minimum atomic E-state index is -0.630. The summed E-state index contributed by atoms with van der Waals surface area (Å²) in [4.78, 5) is 53.0. The predicted molar refractivity (Wildman–Crippen MR) is 128 cm³/mol. The minimum Gasteiger partial charge on any atom is -0.461 e. The van der Waals surface area contributed by atoms with Gasteiger partial charge < -0.3 is 13.9 Å². The van der Waals surface area contributed by atoms with Gasteiger partial charge >= 0.3 is 17.7 Å². The molecule has 0 atom stereocenters. The standard InChI is InChI=1S/C25H23N3O7/c1-3-33-25(32)27-17-7-8-18-16(11-22(30)35-20(18)12-17)13-34-21(29)9-10-28-14-26-23-15(2)5-4-6-19(23)24(28)31/h4-8,11-12,14H,3,9-10,13H2,1-2H3,(H,27,32). The highest BCUT2D eigenvalue weighted by atomic mass is 16.5. The van der Waals surface area contributed by atoms with Crippen molar-refractivity contribution in [2.45, 2.75) is 33.4 Å². The summed E-state index contributed by atoms with van der Waals surface area (Å²) in [7, 11) is 0. The van der Waals surface area contributed by atoms with Crippen LogP contribution in [0.5, 0.6) is 0 Å². The van der Waals surface area contributed by atoms with Crippen molar-refractivity contribution >= 4 is 39.6 Å². The molecule has 0 saturated carbocycles. The molecule has 1 amide bonds. The van der Waals surface area contributed by atoms with Gasteiger partial charge in [0.15, 0.2) is 0 Å². The molecule has 0 bridgehead atoms. The van der Waals surface area contributed by atoms with Gasteiger partial charge in [0.1, 0.15) is 12.2 Å². The quantitative estimate of drug-likeness (QED) is 0.316. The Labute approximate surface area is 199 Å². The maximum absolute atomic E-state index is 12.7. The summed E-state index contributed by atoms with van der Waals surface area (Å²) < 4.78 is 16.8. The van der Waals surface area contributed by atoms with E-state index in [1.807, 2.05) is 13.0 Å². The molecule has 0 spiro atoms. The maximum atomic E-state index is 12.7. The molecule has 10 nitrogen and oxygen atoms in total. The van der Waals surface area contributed by atoms with E-state index < -0.39 is 17.7 Å². The van der Waals surface area contributed by atoms with Gasteiger partial charge in [-0.15, -0.1) is 0 Å². The number of carbonyl (C=O) groups excluding carboxylic acids is 2. The molecule has 0 aliphatic rings. The average Bonchev–Trinajstić information content (AvgIpc) is 2.82. The SMILES string of the molecule is CCOC(=O)Nc1ccc2c(COC(=O)CCn3cnc4c(C)cccc4c3=O)cc(=O)oc2c1. The molecular weight excluding hydrogens is 454 g/mol. The minimum absolute atomic E-state index is 0.0497. The van der Waals surface area contributed by atoms with Crippen LogP contribution in [0.2, 0.25) is 0 Å². The molecule has 0 fully saturated rings. The normalized spacial score (nSPS) is 10.9. The topological polar surface area (TPSA) is 130 Å². The second-order valence-electron chi connectivity index (χ2n) is 7.77. The van der Waals surface area contributed by atoms with Gasteiger partial charge in [-0.2, -0.15) is 0 Å². The van der Waals surface area contributed by atoms with Crippen LogP contribution >= 0.6 is 0 Å². The second kappa shape index (κ2) is 10.2. The number of amides is 1. The first kappa shape index (κ1) is 23.7. The smallest absolute Gasteiger partial charge is 0.411 e. The van der Waals surface area contributed by atoms with Gasteiger partial charge in [-0.1, -0.05) is 12.1 Å². The number of aryl methyl sites for hydroxylation is 2. The van der Waals surface area contributed by atoms with Crippen LogP contribution in [0.15, 0.2) is 62.8 Å². The van der Waals surface area contributed by atoms with Crippen LogP contribution in [-0.4, -0.2) is 28.2 Å². The fourth-order valence-electron chi connectivity index (χ4n) is 3.65. The van der Waals surface area contributed by atoms with Gasteiger partial charge in [0.25, 0.3) is 5.56 Å². The maximum Gasteiger partial charge on any atom is 0.411 e. The van der Waals surface area contributed by atoms with Crippen molar-refractivity contribution in [3.8, 4) is 0 Å². The number of ether oxygens (including phenoxy) is 2. The average molecular weight is 477 g/mol. The first-order valence-electron chi connectivity index (χ1n) is 11.0. The summed E-state index contributed by atoms with van der Waals surface area (Å²) >= 11 is 0. The van der Waals surface area contributed by atoms with Crippen LogP contribution in [-0.2, 0) is 27.4 Å². The summed E-state index contributed by atoms with van der Waals surface area (Å²) in [5, 5.41) is 3.57. The van der Waals surface area contributed by atoms with Gasteiger partial charge in [0.2, 0.25) is 0 Å². The molecule has 4 aromatic rings. The second-order valence-corrected chi connectivity index (χ2v) is 7.77. The molecule has 0 aliphatic carbocycles. The zero-order valence-electron chi connectivity index (χ0n) is 19.2.